The number of amides is 4. The Hall–Kier alpha value is -4.53. The number of hydrogen-bond donors (Lipinski definition) is 5. The van der Waals surface area contributed by atoms with Crippen LogP contribution in [0.5, 0.6) is 0 Å². The Bertz CT molecular complexity index is 1790. The van der Waals surface area contributed by atoms with Crippen LogP contribution in [0.25, 0.3) is 0 Å². The highest BCUT2D eigenvalue weighted by atomic mass is 35.5. The molecule has 0 aliphatic heterocycles. The zero-order chi connectivity index (χ0) is 37.9. The smallest absolute Gasteiger partial charge is 0.251 e. The molecule has 3 aromatic rings. The van der Waals surface area contributed by atoms with Crippen molar-refractivity contribution in [1.29, 1.82) is 0 Å². The van der Waals surface area contributed by atoms with Crippen molar-refractivity contribution in [2.24, 2.45) is 5.92 Å². The molecule has 0 aliphatic carbocycles. The monoisotopic (exact) mass is 741 g/mol. The summed E-state index contributed by atoms with van der Waals surface area (Å²) in [7, 11) is -2.42. The van der Waals surface area contributed by atoms with E-state index in [1.807, 2.05) is 26.0 Å². The molecule has 13 nitrogen and oxygen atoms in total. The van der Waals surface area contributed by atoms with Crippen LogP contribution in [0.2, 0.25) is 5.02 Å². The second-order valence-corrected chi connectivity index (χ2v) is 15.1. The number of pyridine rings is 1. The molecule has 2 aromatic carbocycles. The predicted octanol–water partition coefficient (Wildman–Crippen LogP) is 3.22. The molecule has 0 spiro atoms. The summed E-state index contributed by atoms with van der Waals surface area (Å²) in [6.45, 7) is 9.49. The van der Waals surface area contributed by atoms with E-state index in [2.05, 4.69) is 31.6 Å². The summed E-state index contributed by atoms with van der Waals surface area (Å²) in [6.07, 6.45) is 2.94. The Kier molecular flexibility index (Phi) is 14.9. The molecule has 0 radical (unpaired) electrons. The normalized spacial score (nSPS) is 13.7. The molecule has 4 amide bonds. The predicted molar refractivity (Wildman–Crippen MR) is 199 cm³/mol. The van der Waals surface area contributed by atoms with Crippen LogP contribution in [-0.4, -0.2) is 81.5 Å². The number of anilines is 1. The van der Waals surface area contributed by atoms with Crippen molar-refractivity contribution >= 4 is 50.9 Å². The first-order chi connectivity index (χ1) is 24.0. The van der Waals surface area contributed by atoms with Crippen LogP contribution >= 0.6 is 11.6 Å². The number of benzene rings is 2. The lowest BCUT2D eigenvalue weighted by molar-refractivity contribution is -0.130. The fourth-order valence-corrected chi connectivity index (χ4v) is 5.80. The van der Waals surface area contributed by atoms with Gasteiger partial charge in [0.2, 0.25) is 21.8 Å². The zero-order valence-corrected chi connectivity index (χ0v) is 31.6. The Morgan fingerprint density at radius 3 is 2.10 bits per heavy atom. The van der Waals surface area contributed by atoms with Gasteiger partial charge in [0.1, 0.15) is 6.04 Å². The van der Waals surface area contributed by atoms with Gasteiger partial charge in [-0.1, -0.05) is 43.6 Å². The van der Waals surface area contributed by atoms with Crippen LogP contribution in [0.1, 0.15) is 72.6 Å². The molecular weight excluding hydrogens is 694 g/mol. The molecule has 3 rings (SSSR count). The number of nitrogens with zero attached hydrogens (tertiary/aromatic N) is 2. The summed E-state index contributed by atoms with van der Waals surface area (Å²) in [5, 5.41) is 15.0. The van der Waals surface area contributed by atoms with E-state index < -0.39 is 46.0 Å². The van der Waals surface area contributed by atoms with Crippen LogP contribution in [0, 0.1) is 5.92 Å². The van der Waals surface area contributed by atoms with Gasteiger partial charge in [-0.15, -0.1) is 0 Å². The molecule has 1 heterocycles. The SMILES string of the molecule is CCNC(=O)[C@@H](NC(=O)[C@H](C)NC[C@H](Cc1ccccn1)NC(=O)c1cc(C(=O)N[C@H](C)c2cccc(Cl)c2)cc(N(C)S(C)(=O)=O)c1)C(C)C. The Balaban J connectivity index is 1.87. The molecule has 5 N–H and O–H groups in total. The van der Waals surface area contributed by atoms with E-state index in [-0.39, 0.29) is 47.5 Å². The van der Waals surface area contributed by atoms with Gasteiger partial charge >= 0.3 is 0 Å². The van der Waals surface area contributed by atoms with E-state index in [1.165, 1.54) is 25.2 Å². The molecule has 0 saturated carbocycles. The lowest BCUT2D eigenvalue weighted by Gasteiger charge is -2.25. The summed E-state index contributed by atoms with van der Waals surface area (Å²) < 4.78 is 26.0. The zero-order valence-electron chi connectivity index (χ0n) is 30.0. The quantitative estimate of drug-likeness (QED) is 0.140. The third kappa shape index (κ3) is 12.3. The number of halogens is 1. The molecule has 0 saturated heterocycles. The molecule has 0 aliphatic rings. The topological polar surface area (TPSA) is 179 Å². The highest BCUT2D eigenvalue weighted by Crippen LogP contribution is 2.23. The van der Waals surface area contributed by atoms with E-state index in [1.54, 1.807) is 57.3 Å². The molecule has 15 heteroatoms. The van der Waals surface area contributed by atoms with Crippen molar-refractivity contribution in [3.63, 3.8) is 0 Å². The molecule has 51 heavy (non-hydrogen) atoms. The average molecular weight is 742 g/mol. The van der Waals surface area contributed by atoms with Gasteiger partial charge in [0, 0.05) is 60.6 Å². The molecule has 4 atom stereocenters. The van der Waals surface area contributed by atoms with E-state index in [0.29, 0.717) is 17.3 Å². The number of sulfonamides is 1. The number of nitrogens with one attached hydrogen (secondary N) is 5. The van der Waals surface area contributed by atoms with Crippen LogP contribution in [0.4, 0.5) is 5.69 Å². The number of aromatic nitrogens is 1. The number of carbonyl (C=O) groups is 4. The third-order valence-corrected chi connectivity index (χ3v) is 9.62. The second kappa shape index (κ2) is 18.6. The lowest BCUT2D eigenvalue weighted by atomic mass is 10.0. The van der Waals surface area contributed by atoms with Crippen molar-refractivity contribution in [2.75, 3.05) is 30.7 Å². The molecule has 1 aromatic heterocycles. The van der Waals surface area contributed by atoms with Gasteiger partial charge in [0.05, 0.1) is 24.0 Å². The van der Waals surface area contributed by atoms with E-state index in [4.69, 9.17) is 11.6 Å². The molecule has 0 bridgehead atoms. The maximum atomic E-state index is 13.9. The van der Waals surface area contributed by atoms with Gasteiger partial charge in [0.15, 0.2) is 0 Å². The first kappa shape index (κ1) is 40.9. The summed E-state index contributed by atoms with van der Waals surface area (Å²) in [5.41, 5.74) is 1.66. The summed E-state index contributed by atoms with van der Waals surface area (Å²) >= 11 is 6.13. The maximum absolute atomic E-state index is 13.9. The van der Waals surface area contributed by atoms with Crippen molar-refractivity contribution in [3.8, 4) is 0 Å². The number of carbonyl (C=O) groups excluding carboxylic acids is 4. The lowest BCUT2D eigenvalue weighted by Crippen LogP contribution is -2.55. The van der Waals surface area contributed by atoms with Crippen LogP contribution in [-0.2, 0) is 26.0 Å². The van der Waals surface area contributed by atoms with E-state index in [9.17, 15) is 27.6 Å². The summed E-state index contributed by atoms with van der Waals surface area (Å²) in [4.78, 5) is 57.3. The maximum Gasteiger partial charge on any atom is 0.251 e. The number of likely N-dealkylation sites (N-methyl/N-ethyl adjacent to an activating group) is 1. The minimum Gasteiger partial charge on any atom is -0.355 e. The molecule has 276 valence electrons. The van der Waals surface area contributed by atoms with E-state index >= 15 is 0 Å². The molecule has 0 unspecified atom stereocenters. The summed E-state index contributed by atoms with van der Waals surface area (Å²) in [5.74, 6) is -1.91. The largest absolute Gasteiger partial charge is 0.355 e. The van der Waals surface area contributed by atoms with Crippen LogP contribution in [0.15, 0.2) is 66.9 Å². The van der Waals surface area contributed by atoms with Gasteiger partial charge in [-0.2, -0.15) is 0 Å². The number of hydrogen-bond acceptors (Lipinski definition) is 8. The van der Waals surface area contributed by atoms with Gasteiger partial charge in [0.25, 0.3) is 11.8 Å². The average Bonchev–Trinajstić information content (AvgIpc) is 3.08. The van der Waals surface area contributed by atoms with Crippen LogP contribution < -0.4 is 30.9 Å². The Morgan fingerprint density at radius 1 is 0.863 bits per heavy atom. The van der Waals surface area contributed by atoms with Crippen LogP contribution in [0.3, 0.4) is 0 Å². The highest BCUT2D eigenvalue weighted by Gasteiger charge is 2.27. The highest BCUT2D eigenvalue weighted by molar-refractivity contribution is 7.92. The first-order valence-electron chi connectivity index (χ1n) is 16.7. The fraction of sp³-hybridized carbons (Fsp3) is 0.417. The third-order valence-electron chi connectivity index (χ3n) is 8.18. The molecule has 0 fully saturated rings. The molecular formula is C36H48ClN7O6S. The Morgan fingerprint density at radius 2 is 1.53 bits per heavy atom. The second-order valence-electron chi connectivity index (χ2n) is 12.7. The van der Waals surface area contributed by atoms with Gasteiger partial charge in [-0.05, 0) is 74.7 Å². The van der Waals surface area contributed by atoms with Crippen molar-refractivity contribution in [1.82, 2.24) is 31.6 Å². The minimum atomic E-state index is -3.75. The van der Waals surface area contributed by atoms with Gasteiger partial charge in [-0.3, -0.25) is 28.5 Å². The Labute approximate surface area is 305 Å². The summed E-state index contributed by atoms with van der Waals surface area (Å²) in [6, 6.07) is 14.1. The minimum absolute atomic E-state index is 0.0436. The standard InChI is InChI=1S/C36H48ClN7O6S/c1-8-38-36(48)32(22(2)3)43-33(45)24(5)40-21-30(20-29-14-9-10-15-39-29)42-35(47)27-16-26(18-31(19-27)44(6)51(7,49)50)34(46)41-23(4)25-12-11-13-28(37)17-25/h9-19,22-24,30,32,40H,8,20-21H2,1-7H3,(H,38,48)(H,41,46)(H,42,47)(H,43,45)/t23-,24+,30+,32+/m1/s1. The van der Waals surface area contributed by atoms with E-state index in [0.717, 1.165) is 16.1 Å². The first-order valence-corrected chi connectivity index (χ1v) is 18.9. The van der Waals surface area contributed by atoms with Crippen molar-refractivity contribution < 1.29 is 27.6 Å². The fourth-order valence-electron chi connectivity index (χ4n) is 5.11. The van der Waals surface area contributed by atoms with Crippen molar-refractivity contribution in [2.45, 2.75) is 65.2 Å². The number of rotatable bonds is 17. The van der Waals surface area contributed by atoms with Gasteiger partial charge < -0.3 is 26.6 Å². The van der Waals surface area contributed by atoms with Gasteiger partial charge in [-0.25, -0.2) is 8.42 Å². The van der Waals surface area contributed by atoms with Crippen molar-refractivity contribution in [3.05, 3.63) is 94.3 Å².